The minimum atomic E-state index is -1.15. The molecule has 82 valence electrons. The molecule has 6 heteroatoms. The van der Waals surface area contributed by atoms with Crippen LogP contribution in [0, 0.1) is 11.3 Å². The number of carbonyl (C=O) groups is 1. The Morgan fingerprint density at radius 3 is 2.50 bits per heavy atom. The number of halogens is 3. The molecule has 0 atom stereocenters. The molecule has 3 nitrogen and oxygen atoms in total. The van der Waals surface area contributed by atoms with Crippen LogP contribution in [-0.2, 0) is 4.79 Å². The third-order valence-corrected chi connectivity index (χ3v) is 4.14. The van der Waals surface area contributed by atoms with Crippen molar-refractivity contribution < 1.29 is 9.90 Å². The van der Waals surface area contributed by atoms with Crippen molar-refractivity contribution in [1.29, 1.82) is 5.26 Å². The van der Waals surface area contributed by atoms with Crippen molar-refractivity contribution in [2.45, 2.75) is 0 Å². The van der Waals surface area contributed by atoms with E-state index in [4.69, 9.17) is 10.4 Å². The van der Waals surface area contributed by atoms with Gasteiger partial charge >= 0.3 is 5.97 Å². The lowest BCUT2D eigenvalue weighted by Crippen LogP contribution is -1.92. The van der Waals surface area contributed by atoms with Crippen molar-refractivity contribution in [3.05, 3.63) is 37.2 Å². The zero-order chi connectivity index (χ0) is 12.3. The molecule has 0 amide bonds. The second-order valence-corrected chi connectivity index (χ2v) is 5.32. The summed E-state index contributed by atoms with van der Waals surface area (Å²) in [5.41, 5.74) is 0.604. The molecule has 0 heterocycles. The summed E-state index contributed by atoms with van der Waals surface area (Å²) < 4.78 is 2.14. The van der Waals surface area contributed by atoms with Crippen LogP contribution in [0.1, 0.15) is 5.56 Å². The molecular weight excluding hydrogens is 406 g/mol. The largest absolute Gasteiger partial charge is 0.478 e. The second kappa shape index (κ2) is 5.62. The minimum absolute atomic E-state index is 0.0846. The zero-order valence-corrected chi connectivity index (χ0v) is 12.4. The monoisotopic (exact) mass is 407 g/mol. The number of hydrogen-bond donors (Lipinski definition) is 1. The van der Waals surface area contributed by atoms with E-state index in [2.05, 4.69) is 47.8 Å². The summed E-state index contributed by atoms with van der Waals surface area (Å²) in [7, 11) is 0. The van der Waals surface area contributed by atoms with Gasteiger partial charge in [0.25, 0.3) is 0 Å². The number of rotatable bonds is 2. The highest BCUT2D eigenvalue weighted by molar-refractivity contribution is 9.13. The second-order valence-electron chi connectivity index (χ2n) is 2.76. The fraction of sp³-hybridized carbons (Fsp3) is 0. The lowest BCUT2D eigenvalue weighted by Gasteiger charge is -2.05. The van der Waals surface area contributed by atoms with Crippen molar-refractivity contribution in [2.75, 3.05) is 0 Å². The number of nitriles is 1. The Hall–Kier alpha value is -0.640. The number of carboxylic acid groups (broad SMARTS) is 1. The lowest BCUT2D eigenvalue weighted by atomic mass is 10.1. The quantitative estimate of drug-likeness (QED) is 0.457. The maximum atomic E-state index is 10.6. The van der Waals surface area contributed by atoms with E-state index in [0.29, 0.717) is 10.0 Å². The van der Waals surface area contributed by atoms with Gasteiger partial charge in [0.05, 0.1) is 5.57 Å². The van der Waals surface area contributed by atoms with Gasteiger partial charge in [-0.3, -0.25) is 0 Å². The Morgan fingerprint density at radius 2 is 2.00 bits per heavy atom. The molecule has 0 aliphatic carbocycles. The smallest absolute Gasteiger partial charge is 0.329 e. The molecule has 0 fully saturated rings. The lowest BCUT2D eigenvalue weighted by molar-refractivity contribution is -0.131. The Morgan fingerprint density at radius 1 is 1.38 bits per heavy atom. The Balaban J connectivity index is 3.43. The highest BCUT2D eigenvalue weighted by atomic mass is 79.9. The summed E-state index contributed by atoms with van der Waals surface area (Å²) in [5, 5.41) is 17.5. The van der Waals surface area contributed by atoms with Crippen LogP contribution >= 0.6 is 47.8 Å². The van der Waals surface area contributed by atoms with Crippen LogP contribution < -0.4 is 0 Å². The van der Waals surface area contributed by atoms with E-state index < -0.39 is 5.97 Å². The van der Waals surface area contributed by atoms with Crippen LogP contribution in [0.25, 0.3) is 5.57 Å². The van der Waals surface area contributed by atoms with Crippen molar-refractivity contribution in [1.82, 2.24) is 0 Å². The Kier molecular flexibility index (Phi) is 4.71. The topological polar surface area (TPSA) is 61.1 Å². The van der Waals surface area contributed by atoms with Gasteiger partial charge in [0.2, 0.25) is 0 Å². The van der Waals surface area contributed by atoms with E-state index >= 15 is 0 Å². The van der Waals surface area contributed by atoms with E-state index in [0.717, 1.165) is 15.0 Å². The molecule has 0 spiro atoms. The van der Waals surface area contributed by atoms with Gasteiger partial charge < -0.3 is 5.11 Å². The Labute approximate surface area is 117 Å². The number of benzene rings is 1. The van der Waals surface area contributed by atoms with Crippen LogP contribution in [0.3, 0.4) is 0 Å². The molecular formula is C10H4Br3NO2. The highest BCUT2D eigenvalue weighted by Crippen LogP contribution is 2.34. The van der Waals surface area contributed by atoms with Crippen molar-refractivity contribution in [2.24, 2.45) is 0 Å². The van der Waals surface area contributed by atoms with Gasteiger partial charge in [-0.1, -0.05) is 15.9 Å². The van der Waals surface area contributed by atoms with Crippen LogP contribution in [0.15, 0.2) is 31.6 Å². The SMILES string of the molecule is N#CC(=CC(=O)O)c1cc(Br)cc(Br)c1Br. The van der Waals surface area contributed by atoms with Gasteiger partial charge in [0.15, 0.2) is 0 Å². The standard InChI is InChI=1S/C10H4Br3NO2/c11-6-2-7(10(13)8(12)3-6)5(4-14)1-9(15)16/h1-3H,(H,15,16). The van der Waals surface area contributed by atoms with Gasteiger partial charge in [0.1, 0.15) is 6.07 Å². The molecule has 0 bridgehead atoms. The summed E-state index contributed by atoms with van der Waals surface area (Å²) in [6.45, 7) is 0. The summed E-state index contributed by atoms with van der Waals surface area (Å²) in [6.07, 6.45) is 0.874. The number of carboxylic acids is 1. The maximum Gasteiger partial charge on any atom is 0.329 e. The molecule has 16 heavy (non-hydrogen) atoms. The Bertz CT molecular complexity index is 518. The minimum Gasteiger partial charge on any atom is -0.478 e. The van der Waals surface area contributed by atoms with Crippen molar-refractivity contribution in [3.8, 4) is 6.07 Å². The fourth-order valence-corrected chi connectivity index (χ4v) is 2.71. The van der Waals surface area contributed by atoms with E-state index in [1.165, 1.54) is 0 Å². The number of hydrogen-bond acceptors (Lipinski definition) is 2. The van der Waals surface area contributed by atoms with E-state index in [1.54, 1.807) is 12.1 Å². The number of allylic oxidation sites excluding steroid dienone is 1. The molecule has 1 aromatic carbocycles. The molecule has 0 unspecified atom stereocenters. The first kappa shape index (κ1) is 13.4. The third kappa shape index (κ3) is 3.17. The molecule has 0 aromatic heterocycles. The molecule has 0 saturated carbocycles. The number of nitrogens with zero attached hydrogens (tertiary/aromatic N) is 1. The molecule has 1 aromatic rings. The first-order valence-corrected chi connectivity index (χ1v) is 6.33. The predicted octanol–water partition coefficient (Wildman–Crippen LogP) is 3.97. The van der Waals surface area contributed by atoms with E-state index in [1.807, 2.05) is 6.07 Å². The first-order chi connectivity index (χ1) is 7.45. The third-order valence-electron chi connectivity index (χ3n) is 1.67. The summed E-state index contributed by atoms with van der Waals surface area (Å²) >= 11 is 9.87. The predicted molar refractivity (Wildman–Crippen MR) is 70.8 cm³/mol. The van der Waals surface area contributed by atoms with Gasteiger partial charge in [0, 0.05) is 25.1 Å². The van der Waals surface area contributed by atoms with Crippen LogP contribution in [0.2, 0.25) is 0 Å². The number of aliphatic carboxylic acids is 1. The van der Waals surface area contributed by atoms with Gasteiger partial charge in [-0.05, 0) is 44.0 Å². The molecule has 1 N–H and O–H groups in total. The normalized spacial score (nSPS) is 11.0. The summed E-state index contributed by atoms with van der Waals surface area (Å²) in [4.78, 5) is 10.6. The summed E-state index contributed by atoms with van der Waals surface area (Å²) in [6, 6.07) is 5.32. The van der Waals surface area contributed by atoms with Crippen molar-refractivity contribution >= 4 is 59.3 Å². The van der Waals surface area contributed by atoms with Gasteiger partial charge in [-0.25, -0.2) is 4.79 Å². The van der Waals surface area contributed by atoms with E-state index in [-0.39, 0.29) is 5.57 Å². The average Bonchev–Trinajstić information content (AvgIpc) is 2.20. The van der Waals surface area contributed by atoms with E-state index in [9.17, 15) is 4.79 Å². The maximum absolute atomic E-state index is 10.6. The van der Waals surface area contributed by atoms with Gasteiger partial charge in [-0.2, -0.15) is 5.26 Å². The highest BCUT2D eigenvalue weighted by Gasteiger charge is 2.11. The molecule has 0 aliphatic rings. The zero-order valence-electron chi connectivity index (χ0n) is 7.67. The van der Waals surface area contributed by atoms with Crippen LogP contribution in [0.4, 0.5) is 0 Å². The molecule has 0 radical (unpaired) electrons. The first-order valence-electron chi connectivity index (χ1n) is 3.95. The molecule has 1 rings (SSSR count). The summed E-state index contributed by atoms with van der Waals surface area (Å²) in [5.74, 6) is -1.15. The van der Waals surface area contributed by atoms with Crippen LogP contribution in [0.5, 0.6) is 0 Å². The fourth-order valence-electron chi connectivity index (χ4n) is 1.05. The van der Waals surface area contributed by atoms with Crippen LogP contribution in [-0.4, -0.2) is 11.1 Å². The average molecular weight is 410 g/mol. The van der Waals surface area contributed by atoms with Crippen molar-refractivity contribution in [3.63, 3.8) is 0 Å². The molecule has 0 aliphatic heterocycles. The van der Waals surface area contributed by atoms with Gasteiger partial charge in [-0.15, -0.1) is 0 Å². The molecule has 0 saturated heterocycles.